The highest BCUT2D eigenvalue weighted by molar-refractivity contribution is 5.81. The molecule has 0 aliphatic carbocycles. The largest absolute Gasteiger partial charge is 0.363 e. The molecule has 0 unspecified atom stereocenters. The minimum absolute atomic E-state index is 0.0365. The molecule has 1 aromatic carbocycles. The van der Waals surface area contributed by atoms with E-state index in [4.69, 9.17) is 9.97 Å². The molecule has 1 amide bonds. The Labute approximate surface area is 183 Å². The summed E-state index contributed by atoms with van der Waals surface area (Å²) in [4.78, 5) is 32.3. The molecule has 1 saturated heterocycles. The first-order chi connectivity index (χ1) is 14.9. The third-order valence-corrected chi connectivity index (χ3v) is 5.81. The van der Waals surface area contributed by atoms with E-state index in [2.05, 4.69) is 35.1 Å². The topological polar surface area (TPSA) is 65.5 Å². The van der Waals surface area contributed by atoms with Gasteiger partial charge in [-0.3, -0.25) is 14.7 Å². The number of carbonyl (C=O) groups excluding carboxylic acids is 1. The van der Waals surface area contributed by atoms with Crippen molar-refractivity contribution in [3.8, 4) is 0 Å². The van der Waals surface area contributed by atoms with Crippen LogP contribution in [0.5, 0.6) is 0 Å². The predicted octanol–water partition coefficient (Wildman–Crippen LogP) is 3.41. The lowest BCUT2D eigenvalue weighted by molar-refractivity contribution is -0.129. The van der Waals surface area contributed by atoms with Crippen LogP contribution in [0.2, 0.25) is 0 Å². The molecule has 7 heteroatoms. The highest BCUT2D eigenvalue weighted by Gasteiger charge is 2.30. The van der Waals surface area contributed by atoms with Crippen LogP contribution in [0.1, 0.15) is 42.9 Å². The molecule has 0 bridgehead atoms. The van der Waals surface area contributed by atoms with Crippen LogP contribution in [0.15, 0.2) is 42.6 Å². The number of pyridine rings is 1. The van der Waals surface area contributed by atoms with Crippen molar-refractivity contribution in [3.05, 3.63) is 59.7 Å². The molecule has 3 aromatic rings. The van der Waals surface area contributed by atoms with Crippen LogP contribution in [-0.2, 0) is 17.9 Å². The van der Waals surface area contributed by atoms with Gasteiger partial charge in [0.1, 0.15) is 5.82 Å². The molecule has 1 atom stereocenters. The smallest absolute Gasteiger partial charge is 0.220 e. The maximum absolute atomic E-state index is 12.1. The Morgan fingerprint density at radius 2 is 1.94 bits per heavy atom. The first-order valence-electron chi connectivity index (χ1n) is 10.8. The third kappa shape index (κ3) is 4.66. The zero-order chi connectivity index (χ0) is 22.0. The molecule has 2 aromatic heterocycles. The summed E-state index contributed by atoms with van der Waals surface area (Å²) in [5.74, 6) is 1.71. The monoisotopic (exact) mass is 418 g/mol. The minimum Gasteiger partial charge on any atom is -0.363 e. The van der Waals surface area contributed by atoms with Crippen LogP contribution in [-0.4, -0.2) is 58.3 Å². The van der Waals surface area contributed by atoms with Gasteiger partial charge in [-0.2, -0.15) is 0 Å². The minimum atomic E-state index is -0.0365. The van der Waals surface area contributed by atoms with Gasteiger partial charge in [0, 0.05) is 58.3 Å². The Balaban J connectivity index is 1.58. The summed E-state index contributed by atoms with van der Waals surface area (Å²) in [6.45, 7) is 3.89. The summed E-state index contributed by atoms with van der Waals surface area (Å²) in [7, 11) is 6.07. The van der Waals surface area contributed by atoms with Gasteiger partial charge in [-0.1, -0.05) is 18.2 Å². The van der Waals surface area contributed by atoms with E-state index in [1.54, 1.807) is 6.92 Å². The molecular weight excluding hydrogens is 388 g/mol. The van der Waals surface area contributed by atoms with E-state index >= 15 is 0 Å². The van der Waals surface area contributed by atoms with Gasteiger partial charge >= 0.3 is 0 Å². The van der Waals surface area contributed by atoms with Crippen LogP contribution in [0.4, 0.5) is 5.82 Å². The molecule has 3 heterocycles. The van der Waals surface area contributed by atoms with Crippen LogP contribution < -0.4 is 4.90 Å². The first kappa shape index (κ1) is 21.2. The Morgan fingerprint density at radius 1 is 1.13 bits per heavy atom. The van der Waals surface area contributed by atoms with Crippen molar-refractivity contribution in [1.29, 1.82) is 0 Å². The van der Waals surface area contributed by atoms with Crippen molar-refractivity contribution in [1.82, 2.24) is 24.8 Å². The van der Waals surface area contributed by atoms with E-state index in [1.807, 2.05) is 48.3 Å². The van der Waals surface area contributed by atoms with Gasteiger partial charge in [-0.05, 0) is 37.6 Å². The van der Waals surface area contributed by atoms with Crippen molar-refractivity contribution in [2.75, 3.05) is 32.6 Å². The Kier molecular flexibility index (Phi) is 6.13. The fourth-order valence-corrected chi connectivity index (χ4v) is 4.29. The zero-order valence-electron chi connectivity index (χ0n) is 18.7. The number of rotatable bonds is 6. The normalized spacial score (nSPS) is 16.3. The zero-order valence-corrected chi connectivity index (χ0v) is 18.7. The number of hydrogen-bond donors (Lipinski definition) is 0. The van der Waals surface area contributed by atoms with Crippen molar-refractivity contribution >= 4 is 22.6 Å². The molecule has 4 rings (SSSR count). The molecule has 1 aliphatic heterocycles. The number of para-hydroxylation sites is 1. The Hall–Kier alpha value is -3.06. The van der Waals surface area contributed by atoms with Gasteiger partial charge < -0.3 is 9.80 Å². The summed E-state index contributed by atoms with van der Waals surface area (Å²) < 4.78 is 0. The molecule has 1 aliphatic rings. The van der Waals surface area contributed by atoms with E-state index < -0.39 is 0 Å². The summed E-state index contributed by atoms with van der Waals surface area (Å²) in [6.07, 6.45) is 3.77. The maximum Gasteiger partial charge on any atom is 0.220 e. The highest BCUT2D eigenvalue weighted by Crippen LogP contribution is 2.31. The third-order valence-electron chi connectivity index (χ3n) is 5.81. The summed E-state index contributed by atoms with van der Waals surface area (Å²) in [6, 6.07) is 12.3. The van der Waals surface area contributed by atoms with Crippen molar-refractivity contribution in [2.24, 2.45) is 0 Å². The number of carbonyl (C=O) groups is 1. The van der Waals surface area contributed by atoms with Gasteiger partial charge in [-0.15, -0.1) is 0 Å². The molecule has 31 heavy (non-hydrogen) atoms. The molecular formula is C24H30N6O. The average molecular weight is 419 g/mol. The number of amides is 1. The second-order valence-corrected chi connectivity index (χ2v) is 8.50. The standard InChI is InChI=1S/C24H30N6O/c1-17(31)30-13-7-10-22(30)24-26-19(14-23(27-24)28(2)3)16-29(4)15-18-11-12-25-21-9-6-5-8-20(18)21/h5-6,8-9,11-12,14,22H,7,10,13,15-16H2,1-4H3/t22-/m0/s1. The van der Waals surface area contributed by atoms with Crippen molar-refractivity contribution in [3.63, 3.8) is 0 Å². The van der Waals surface area contributed by atoms with Crippen LogP contribution in [0.3, 0.4) is 0 Å². The SMILES string of the molecule is CC(=O)N1CCC[C@H]1c1nc(CN(C)Cc2ccnc3ccccc23)cc(N(C)C)n1. The number of benzene rings is 1. The van der Waals surface area contributed by atoms with E-state index in [9.17, 15) is 4.79 Å². The van der Waals surface area contributed by atoms with Gasteiger partial charge in [0.05, 0.1) is 17.3 Å². The maximum atomic E-state index is 12.1. The lowest BCUT2D eigenvalue weighted by atomic mass is 10.1. The van der Waals surface area contributed by atoms with E-state index in [0.717, 1.165) is 48.8 Å². The summed E-state index contributed by atoms with van der Waals surface area (Å²) in [5, 5.41) is 1.18. The number of anilines is 1. The molecule has 0 radical (unpaired) electrons. The van der Waals surface area contributed by atoms with Gasteiger partial charge in [0.15, 0.2) is 5.82 Å². The number of nitrogens with zero attached hydrogens (tertiary/aromatic N) is 6. The average Bonchev–Trinajstić information content (AvgIpc) is 3.24. The number of aromatic nitrogens is 3. The van der Waals surface area contributed by atoms with Crippen LogP contribution in [0, 0.1) is 0 Å². The van der Waals surface area contributed by atoms with E-state index in [-0.39, 0.29) is 11.9 Å². The lowest BCUT2D eigenvalue weighted by Crippen LogP contribution is -2.30. The molecule has 162 valence electrons. The van der Waals surface area contributed by atoms with E-state index in [1.165, 1.54) is 10.9 Å². The quantitative estimate of drug-likeness (QED) is 0.611. The van der Waals surface area contributed by atoms with E-state index in [0.29, 0.717) is 6.54 Å². The summed E-state index contributed by atoms with van der Waals surface area (Å²) in [5.41, 5.74) is 3.22. The second kappa shape index (κ2) is 8.98. The second-order valence-electron chi connectivity index (χ2n) is 8.50. The molecule has 0 spiro atoms. The molecule has 1 fully saturated rings. The Morgan fingerprint density at radius 3 is 2.71 bits per heavy atom. The predicted molar refractivity (Wildman–Crippen MR) is 123 cm³/mol. The van der Waals surface area contributed by atoms with Crippen molar-refractivity contribution in [2.45, 2.75) is 38.9 Å². The van der Waals surface area contributed by atoms with Gasteiger partial charge in [0.25, 0.3) is 0 Å². The fraction of sp³-hybridized carbons (Fsp3) is 0.417. The lowest BCUT2D eigenvalue weighted by Gasteiger charge is -2.24. The number of hydrogen-bond acceptors (Lipinski definition) is 6. The van der Waals surface area contributed by atoms with Crippen LogP contribution in [0.25, 0.3) is 10.9 Å². The first-order valence-corrected chi connectivity index (χ1v) is 10.8. The number of fused-ring (bicyclic) bond motifs is 1. The number of likely N-dealkylation sites (tertiary alicyclic amines) is 1. The molecule has 7 nitrogen and oxygen atoms in total. The summed E-state index contributed by atoms with van der Waals surface area (Å²) >= 11 is 0. The molecule has 0 saturated carbocycles. The molecule has 0 N–H and O–H groups in total. The van der Waals surface area contributed by atoms with Crippen molar-refractivity contribution < 1.29 is 4.79 Å². The van der Waals surface area contributed by atoms with Crippen LogP contribution >= 0.6 is 0 Å². The van der Waals surface area contributed by atoms with Gasteiger partial charge in [0.2, 0.25) is 5.91 Å². The highest BCUT2D eigenvalue weighted by atomic mass is 16.2. The van der Waals surface area contributed by atoms with Gasteiger partial charge in [-0.25, -0.2) is 9.97 Å². The fourth-order valence-electron chi connectivity index (χ4n) is 4.29. The Bertz CT molecular complexity index is 1080.